The molecular weight excluding hydrogens is 1490 g/mol. The third-order valence-corrected chi connectivity index (χ3v) is 19.2. The van der Waals surface area contributed by atoms with Crippen LogP contribution in [-0.2, 0) is 20.1 Å². The predicted octanol–water partition coefficient (Wildman–Crippen LogP) is 23.1. The Bertz CT molecular complexity index is 5890. The van der Waals surface area contributed by atoms with Crippen molar-refractivity contribution in [2.75, 3.05) is 0 Å². The summed E-state index contributed by atoms with van der Waals surface area (Å²) >= 11 is 0. The van der Waals surface area contributed by atoms with Crippen LogP contribution < -0.4 is 0 Å². The number of pyridine rings is 3. The normalized spacial score (nSPS) is 11.5. The molecule has 6 heterocycles. The van der Waals surface area contributed by atoms with E-state index in [1.54, 1.807) is 18.2 Å². The molecule has 0 saturated heterocycles. The molecule has 6 aromatic heterocycles. The largest absolute Gasteiger partial charge is 0.277 e. The Morgan fingerprint density at radius 1 is 0.198 bits per heavy atom. The molecule has 0 saturated carbocycles. The van der Waals surface area contributed by atoms with Crippen molar-refractivity contribution in [3.63, 3.8) is 0 Å². The summed E-state index contributed by atoms with van der Waals surface area (Å²) in [6, 6.07) is 108. The van der Waals surface area contributed by atoms with E-state index in [0.717, 1.165) is 165 Å². The topological polar surface area (TPSA) is 116 Å². The minimum atomic E-state index is -0.335. The standard InChI is InChI=1S/3C31H17FN3.Ir/c3*32-22-13-7-12-21(18-22)31-33-25-16-14-23-27-24(15-17-26(34-31)28(25)27)30(20-10-5-2-6-11-20)35-29(23)19-8-3-1-4-9-19;/h3*1-11,13-18H;/q3*-1;. The van der Waals surface area contributed by atoms with Gasteiger partial charge in [-0.1, -0.05) is 218 Å². The van der Waals surface area contributed by atoms with Gasteiger partial charge < -0.3 is 0 Å². The second-order valence-corrected chi connectivity index (χ2v) is 25.6. The van der Waals surface area contributed by atoms with E-state index in [9.17, 15) is 13.2 Å². The molecule has 13 heteroatoms. The van der Waals surface area contributed by atoms with Gasteiger partial charge in [0.05, 0.1) is 84.7 Å². The first kappa shape index (κ1) is 64.6. The van der Waals surface area contributed by atoms with Gasteiger partial charge in [0.1, 0.15) is 0 Å². The van der Waals surface area contributed by atoms with Crippen molar-refractivity contribution in [1.29, 1.82) is 0 Å². The van der Waals surface area contributed by atoms with Gasteiger partial charge in [-0.15, -0.1) is 89.5 Å². The summed E-state index contributed by atoms with van der Waals surface area (Å²) in [5.41, 5.74) is 18.3. The van der Waals surface area contributed by atoms with E-state index in [1.165, 1.54) is 36.4 Å². The molecule has 15 aromatic carbocycles. The maximum atomic E-state index is 13.9. The molecule has 0 unspecified atom stereocenters. The Labute approximate surface area is 618 Å². The number of halogens is 3. The zero-order valence-corrected chi connectivity index (χ0v) is 58.3. The van der Waals surface area contributed by atoms with E-state index in [2.05, 4.69) is 127 Å². The molecule has 501 valence electrons. The fourth-order valence-electron chi connectivity index (χ4n) is 14.5. The van der Waals surface area contributed by atoms with Crippen LogP contribution in [0.5, 0.6) is 0 Å². The van der Waals surface area contributed by atoms with Crippen LogP contribution in [0.3, 0.4) is 0 Å². The van der Waals surface area contributed by atoms with E-state index in [4.69, 9.17) is 44.9 Å². The first-order valence-electron chi connectivity index (χ1n) is 34.2. The zero-order valence-electron chi connectivity index (χ0n) is 55.9. The summed E-state index contributed by atoms with van der Waals surface area (Å²) in [6.45, 7) is 0. The summed E-state index contributed by atoms with van der Waals surface area (Å²) in [7, 11) is 0. The Morgan fingerprint density at radius 2 is 0.387 bits per heavy atom. The third-order valence-electron chi connectivity index (χ3n) is 19.2. The molecular formula is C93H51F3IrN9-3. The summed E-state index contributed by atoms with van der Waals surface area (Å²) in [6.07, 6.45) is 0. The number of hydrogen-bond donors (Lipinski definition) is 0. The van der Waals surface area contributed by atoms with Crippen LogP contribution in [0.15, 0.2) is 309 Å². The fraction of sp³-hybridized carbons (Fsp3) is 0. The van der Waals surface area contributed by atoms with Crippen LogP contribution in [0.2, 0.25) is 0 Å². The van der Waals surface area contributed by atoms with E-state index < -0.39 is 0 Å². The van der Waals surface area contributed by atoms with Crippen molar-refractivity contribution in [1.82, 2.24) is 44.9 Å². The van der Waals surface area contributed by atoms with Crippen molar-refractivity contribution in [3.05, 3.63) is 345 Å². The molecule has 106 heavy (non-hydrogen) atoms. The van der Waals surface area contributed by atoms with Gasteiger partial charge in [-0.25, -0.2) is 28.1 Å². The summed E-state index contributed by atoms with van der Waals surface area (Å²) in [5, 5.41) is 12.5. The van der Waals surface area contributed by atoms with Crippen LogP contribution >= 0.6 is 0 Å². The van der Waals surface area contributed by atoms with Crippen LogP contribution in [0, 0.1) is 35.7 Å². The second kappa shape index (κ2) is 27.1. The van der Waals surface area contributed by atoms with Crippen molar-refractivity contribution < 1.29 is 33.3 Å². The number of hydrogen-bond acceptors (Lipinski definition) is 9. The Kier molecular flexibility index (Phi) is 16.5. The summed E-state index contributed by atoms with van der Waals surface area (Å²) in [4.78, 5) is 44.4. The van der Waals surface area contributed by atoms with Gasteiger partial charge in [-0.2, -0.15) is 0 Å². The molecule has 0 aliphatic heterocycles. The second-order valence-electron chi connectivity index (χ2n) is 25.6. The van der Waals surface area contributed by atoms with Gasteiger partial charge in [0.2, 0.25) is 0 Å². The quantitative estimate of drug-likeness (QED) is 0.103. The van der Waals surface area contributed by atoms with Crippen LogP contribution in [0.1, 0.15) is 0 Å². The molecule has 0 amide bonds. The number of benzene rings is 15. The fourth-order valence-corrected chi connectivity index (χ4v) is 14.5. The summed E-state index contributed by atoms with van der Waals surface area (Å²) in [5.74, 6) is 0.371. The smallest absolute Gasteiger partial charge is 0.0788 e. The first-order valence-corrected chi connectivity index (χ1v) is 34.2. The van der Waals surface area contributed by atoms with Gasteiger partial charge in [0, 0.05) is 136 Å². The van der Waals surface area contributed by atoms with Crippen LogP contribution in [-0.4, -0.2) is 44.9 Å². The Morgan fingerprint density at radius 3 is 0.566 bits per heavy atom. The minimum absolute atomic E-state index is 0. The Hall–Kier alpha value is -13.5. The van der Waals surface area contributed by atoms with Crippen LogP contribution in [0.4, 0.5) is 13.2 Å². The third kappa shape index (κ3) is 11.6. The van der Waals surface area contributed by atoms with Gasteiger partial charge in [-0.3, -0.25) is 29.9 Å². The van der Waals surface area contributed by atoms with Gasteiger partial charge >= 0.3 is 0 Å². The molecule has 0 fully saturated rings. The van der Waals surface area contributed by atoms with E-state index >= 15 is 0 Å². The Balaban J connectivity index is 0.000000112. The average Bonchev–Trinajstić information content (AvgIpc) is 0.732. The number of rotatable bonds is 9. The molecule has 0 aliphatic rings. The molecule has 0 atom stereocenters. The van der Waals surface area contributed by atoms with Gasteiger partial charge in [0.25, 0.3) is 0 Å². The SMILES string of the molecule is Fc1cc[c-]c(-c2nc3ccc4c(-c5ccccc5)nc(-c5ccccc5)c5ccc(n2)c3c45)c1.Fc1cc[c-]c(-c2nc3ccc4c(-c5ccccc5)nc(-c5ccccc5)c5ccc(n2)c3c45)c1.Fc1cc[c-]c(-c2nc3ccc4c(-c5ccccc5)nc(-c5ccccc5)c5ccc(n2)c3c45)c1.[Ir]. The molecule has 21 rings (SSSR count). The maximum absolute atomic E-state index is 13.9. The van der Waals surface area contributed by atoms with Crippen LogP contribution in [0.25, 0.3) is 199 Å². The van der Waals surface area contributed by atoms with Crippen molar-refractivity contribution in [3.8, 4) is 102 Å². The molecule has 0 N–H and O–H groups in total. The van der Waals surface area contributed by atoms with Gasteiger partial charge in [-0.05, 0) is 36.4 Å². The van der Waals surface area contributed by atoms with Crippen molar-refractivity contribution in [2.24, 2.45) is 0 Å². The van der Waals surface area contributed by atoms with E-state index in [0.29, 0.717) is 34.2 Å². The monoisotopic (exact) mass is 1540 g/mol. The molecule has 21 aromatic rings. The van der Waals surface area contributed by atoms with Crippen molar-refractivity contribution >= 4 is 97.7 Å². The average molecular weight is 1540 g/mol. The minimum Gasteiger partial charge on any atom is -0.277 e. The molecule has 0 bridgehead atoms. The molecule has 1 radical (unpaired) electrons. The zero-order chi connectivity index (χ0) is 70.1. The molecule has 0 spiro atoms. The van der Waals surface area contributed by atoms with E-state index in [1.807, 2.05) is 146 Å². The predicted molar refractivity (Wildman–Crippen MR) is 416 cm³/mol. The van der Waals surface area contributed by atoms with Crippen molar-refractivity contribution in [2.45, 2.75) is 0 Å². The number of nitrogens with zero attached hydrogens (tertiary/aromatic N) is 9. The molecule has 0 aliphatic carbocycles. The summed E-state index contributed by atoms with van der Waals surface area (Å²) < 4.78 is 41.6. The maximum Gasteiger partial charge on any atom is 0.0788 e. The first-order chi connectivity index (χ1) is 51.8. The number of aromatic nitrogens is 9. The van der Waals surface area contributed by atoms with E-state index in [-0.39, 0.29) is 37.6 Å². The molecule has 9 nitrogen and oxygen atoms in total. The van der Waals surface area contributed by atoms with Gasteiger partial charge in [0.15, 0.2) is 0 Å².